The molecule has 4 aliphatic heterocycles. The summed E-state index contributed by atoms with van der Waals surface area (Å²) in [6.45, 7) is 19.6. The monoisotopic (exact) mass is 1180 g/mol. The van der Waals surface area contributed by atoms with Gasteiger partial charge in [0, 0.05) is 109 Å². The Kier molecular flexibility index (Phi) is 21.4. The Labute approximate surface area is 505 Å². The van der Waals surface area contributed by atoms with Gasteiger partial charge in [0.25, 0.3) is 11.8 Å². The smallest absolute Gasteiger partial charge is 0.260 e. The number of nitrogens with one attached hydrogen (secondary N) is 3. The highest BCUT2D eigenvalue weighted by atomic mass is 32.1. The summed E-state index contributed by atoms with van der Waals surface area (Å²) >= 11 is 1.58. The predicted octanol–water partition coefficient (Wildman–Crippen LogP) is 6.58. The van der Waals surface area contributed by atoms with Crippen molar-refractivity contribution < 1.29 is 38.6 Å². The van der Waals surface area contributed by atoms with E-state index in [0.717, 1.165) is 104 Å². The van der Waals surface area contributed by atoms with E-state index < -0.39 is 23.6 Å². The highest BCUT2D eigenvalue weighted by Crippen LogP contribution is 2.32. The standard InChI is InChI=1S/C65H87N11O8S/c1-44(48-11-13-50(14-12-48)60-45(2)68-43-85-60)69-62(80)57-37-52(77)40-76(57)64(82)61(65(3,4)5)70-58(78)41-74-33-31-73(32-34-74)39-46-20-28-75(29-21-46)59(79)42-83-53-15-17-54(18-16-53)84-55-10-8-9-51(36-55)63(81)71(7)38-47-19-24-67-56(35-47)49-22-26-72(27-23-49)30-25-66-6/h8-19,24,35-36,43-44,46,49,52,57,61,66,77H,20-23,25-34,37-42H2,1-7H3,(H,69,80)(H,70,78)/t44-,52+,57-,61+/m0/s1. The van der Waals surface area contributed by atoms with E-state index in [1.54, 1.807) is 52.6 Å². The summed E-state index contributed by atoms with van der Waals surface area (Å²) in [6.07, 6.45) is 5.06. The summed E-state index contributed by atoms with van der Waals surface area (Å²) in [5.41, 5.74) is 6.77. The number of likely N-dealkylation sites (N-methyl/N-ethyl adjacent to an activating group) is 1. The number of carbonyl (C=O) groups excluding carboxylic acids is 5. The van der Waals surface area contributed by atoms with Crippen LogP contribution in [0.25, 0.3) is 10.4 Å². The molecule has 4 atom stereocenters. The van der Waals surface area contributed by atoms with Crippen LogP contribution in [0.15, 0.2) is 96.6 Å². The molecular formula is C65H87N11O8S. The number of thiazole rings is 1. The van der Waals surface area contributed by atoms with Crippen LogP contribution < -0.4 is 25.4 Å². The van der Waals surface area contributed by atoms with Gasteiger partial charge in [0.05, 0.1) is 34.8 Å². The summed E-state index contributed by atoms with van der Waals surface area (Å²) in [5, 5.41) is 20.1. The van der Waals surface area contributed by atoms with Gasteiger partial charge in [-0.3, -0.25) is 33.9 Å². The second-order valence-corrected chi connectivity index (χ2v) is 25.5. The maximum atomic E-state index is 14.3. The van der Waals surface area contributed by atoms with Crippen molar-refractivity contribution >= 4 is 40.9 Å². The number of likely N-dealkylation sites (tertiary alicyclic amines) is 3. The molecule has 5 amide bonds. The molecule has 4 fully saturated rings. The Hall–Kier alpha value is -6.81. The van der Waals surface area contributed by atoms with Crippen molar-refractivity contribution in [1.29, 1.82) is 0 Å². The van der Waals surface area contributed by atoms with E-state index >= 15 is 0 Å². The van der Waals surface area contributed by atoms with Crippen molar-refractivity contribution in [1.82, 2.24) is 55.3 Å². The number of benzene rings is 3. The first-order chi connectivity index (χ1) is 40.9. The molecule has 5 aromatic rings. The second-order valence-electron chi connectivity index (χ2n) is 24.6. The van der Waals surface area contributed by atoms with E-state index in [4.69, 9.17) is 14.5 Å². The van der Waals surface area contributed by atoms with Crippen LogP contribution in [-0.2, 0) is 25.7 Å². The predicted molar refractivity (Wildman–Crippen MR) is 329 cm³/mol. The van der Waals surface area contributed by atoms with Crippen molar-refractivity contribution in [2.45, 2.75) is 103 Å². The molecule has 4 aliphatic rings. The first-order valence-corrected chi connectivity index (χ1v) is 31.1. The molecule has 19 nitrogen and oxygen atoms in total. The van der Waals surface area contributed by atoms with Crippen molar-refractivity contribution in [3.8, 4) is 27.7 Å². The van der Waals surface area contributed by atoms with Crippen molar-refractivity contribution in [2.24, 2.45) is 11.3 Å². The second kappa shape index (κ2) is 29.1. The van der Waals surface area contributed by atoms with Crippen molar-refractivity contribution in [3.63, 3.8) is 0 Å². The number of pyridine rings is 1. The zero-order valence-electron chi connectivity index (χ0n) is 50.6. The molecule has 0 aliphatic carbocycles. The van der Waals surface area contributed by atoms with Crippen LogP contribution in [0.2, 0.25) is 0 Å². The molecule has 20 heteroatoms. The Morgan fingerprint density at radius 1 is 0.812 bits per heavy atom. The zero-order chi connectivity index (χ0) is 60.2. The topological polar surface area (TPSA) is 205 Å². The Balaban J connectivity index is 0.659. The van der Waals surface area contributed by atoms with Gasteiger partial charge in [-0.05, 0) is 142 Å². The van der Waals surface area contributed by atoms with E-state index in [1.165, 1.54) is 4.90 Å². The minimum atomic E-state index is -0.909. The lowest BCUT2D eigenvalue weighted by Crippen LogP contribution is -2.59. The quantitative estimate of drug-likeness (QED) is 0.0578. The minimum Gasteiger partial charge on any atom is -0.484 e. The van der Waals surface area contributed by atoms with Crippen LogP contribution in [-0.4, -0.2) is 198 Å². The number of piperazine rings is 1. The lowest BCUT2D eigenvalue weighted by molar-refractivity contribution is -0.144. The van der Waals surface area contributed by atoms with Gasteiger partial charge in [-0.25, -0.2) is 4.98 Å². The van der Waals surface area contributed by atoms with E-state index in [1.807, 2.05) is 108 Å². The summed E-state index contributed by atoms with van der Waals surface area (Å²) in [5.74, 6) is 1.39. The van der Waals surface area contributed by atoms with Gasteiger partial charge in [-0.2, -0.15) is 0 Å². The molecule has 4 saturated heterocycles. The fraction of sp³-hybridized carbons (Fsp3) is 0.523. The molecule has 0 radical (unpaired) electrons. The normalized spacial score (nSPS) is 19.3. The molecule has 456 valence electrons. The highest BCUT2D eigenvalue weighted by Gasteiger charge is 2.45. The van der Waals surface area contributed by atoms with E-state index in [-0.39, 0.29) is 61.7 Å². The SMILES string of the molecule is CNCCN1CCC(c2cc(CN(C)C(=O)c3cccc(Oc4ccc(OCC(=O)N5CCC(CN6CCN(CC(=O)N[C@H](C(=O)N7C[C@H](O)C[C@H]7C(=O)N[C@@H](C)c7ccc(-c8scnc8C)cc7)C(C)(C)C)CC6)CC5)cc4)c3)ccn2)CC1. The van der Waals surface area contributed by atoms with Gasteiger partial charge in [0.2, 0.25) is 17.7 Å². The number of piperidine rings is 2. The van der Waals surface area contributed by atoms with Gasteiger partial charge in [-0.15, -0.1) is 11.3 Å². The van der Waals surface area contributed by atoms with Gasteiger partial charge in [0.15, 0.2) is 6.61 Å². The molecule has 0 unspecified atom stereocenters. The molecule has 0 spiro atoms. The largest absolute Gasteiger partial charge is 0.484 e. The number of hydrogen-bond acceptors (Lipinski definition) is 15. The summed E-state index contributed by atoms with van der Waals surface area (Å²) < 4.78 is 12.1. The van der Waals surface area contributed by atoms with Crippen LogP contribution in [0.4, 0.5) is 0 Å². The maximum Gasteiger partial charge on any atom is 0.260 e. The summed E-state index contributed by atoms with van der Waals surface area (Å²) in [4.78, 5) is 90.9. The summed E-state index contributed by atoms with van der Waals surface area (Å²) in [6, 6.07) is 24.3. The molecule has 85 heavy (non-hydrogen) atoms. The van der Waals surface area contributed by atoms with Crippen LogP contribution in [0.1, 0.15) is 105 Å². The number of β-amino-alcohol motifs (C(OH)–C–C–N with tert-alkyl or cyclic N) is 1. The Morgan fingerprint density at radius 2 is 1.52 bits per heavy atom. The minimum absolute atomic E-state index is 0.00617. The molecule has 9 rings (SSSR count). The van der Waals surface area contributed by atoms with Gasteiger partial charge >= 0.3 is 0 Å². The van der Waals surface area contributed by atoms with Crippen molar-refractivity contribution in [2.75, 3.05) is 106 Å². The number of hydrogen-bond donors (Lipinski definition) is 4. The molecule has 0 saturated carbocycles. The number of amides is 5. The van der Waals surface area contributed by atoms with Crippen molar-refractivity contribution in [3.05, 3.63) is 125 Å². The molecule has 3 aromatic carbocycles. The first-order valence-electron chi connectivity index (χ1n) is 30.3. The third-order valence-electron chi connectivity index (χ3n) is 17.2. The lowest BCUT2D eigenvalue weighted by atomic mass is 9.85. The number of aliphatic hydroxyl groups is 1. The fourth-order valence-electron chi connectivity index (χ4n) is 12.1. The first kappa shape index (κ1) is 62.7. The number of rotatable bonds is 22. The number of ether oxygens (including phenoxy) is 2. The van der Waals surface area contributed by atoms with E-state index in [2.05, 4.69) is 41.7 Å². The summed E-state index contributed by atoms with van der Waals surface area (Å²) in [7, 11) is 3.80. The molecule has 6 heterocycles. The van der Waals surface area contributed by atoms with E-state index in [9.17, 15) is 29.1 Å². The van der Waals surface area contributed by atoms with Crippen LogP contribution >= 0.6 is 11.3 Å². The third kappa shape index (κ3) is 17.0. The average molecular weight is 1180 g/mol. The molecule has 0 bridgehead atoms. The van der Waals surface area contributed by atoms with Gasteiger partial charge in [0.1, 0.15) is 29.3 Å². The van der Waals surface area contributed by atoms with E-state index in [0.29, 0.717) is 67.4 Å². The Morgan fingerprint density at radius 3 is 2.20 bits per heavy atom. The zero-order valence-corrected chi connectivity index (χ0v) is 51.5. The molecular weight excluding hydrogens is 1090 g/mol. The number of aliphatic hydroxyl groups excluding tert-OH is 1. The highest BCUT2D eigenvalue weighted by molar-refractivity contribution is 7.13. The Bertz CT molecular complexity index is 3040. The fourth-order valence-corrected chi connectivity index (χ4v) is 12.9. The average Bonchev–Trinajstić information content (AvgIpc) is 3.44. The van der Waals surface area contributed by atoms with Crippen LogP contribution in [0.5, 0.6) is 17.2 Å². The number of carbonyl (C=O) groups is 5. The maximum absolute atomic E-state index is 14.3. The third-order valence-corrected chi connectivity index (χ3v) is 18.2. The number of aromatic nitrogens is 2. The lowest BCUT2D eigenvalue weighted by Gasteiger charge is -2.39. The van der Waals surface area contributed by atoms with Gasteiger partial charge in [-0.1, -0.05) is 51.1 Å². The van der Waals surface area contributed by atoms with Crippen LogP contribution in [0, 0.1) is 18.3 Å². The number of aryl methyl sites for hydroxylation is 1. The van der Waals surface area contributed by atoms with Crippen LogP contribution in [0.3, 0.4) is 0 Å². The number of nitrogens with zero attached hydrogens (tertiary/aromatic N) is 8. The van der Waals surface area contributed by atoms with Gasteiger partial charge < -0.3 is 55.0 Å². The molecule has 4 N–H and O–H groups in total. The molecule has 2 aromatic heterocycles.